The minimum atomic E-state index is -0.499. The van der Waals surface area contributed by atoms with Crippen molar-refractivity contribution in [3.8, 4) is 22.3 Å². The number of nitrogens with zero attached hydrogens (tertiary/aromatic N) is 3. The lowest BCUT2D eigenvalue weighted by Gasteiger charge is -2.26. The van der Waals surface area contributed by atoms with Crippen LogP contribution in [0.25, 0.3) is 27.8 Å². The van der Waals surface area contributed by atoms with Gasteiger partial charge in [-0.1, -0.05) is 48.5 Å². The molecule has 2 aromatic heterocycles. The molecule has 2 aromatic carbocycles. The number of amides is 1. The van der Waals surface area contributed by atoms with Gasteiger partial charge in [0.25, 0.3) is 0 Å². The molecule has 0 fully saturated rings. The molecule has 39 heavy (non-hydrogen) atoms. The Morgan fingerprint density at radius 1 is 0.949 bits per heavy atom. The highest BCUT2D eigenvalue weighted by molar-refractivity contribution is 6.05. The van der Waals surface area contributed by atoms with Gasteiger partial charge in [0.1, 0.15) is 18.1 Å². The molecule has 4 aromatic rings. The summed E-state index contributed by atoms with van der Waals surface area (Å²) in [5, 5.41) is 0. The Morgan fingerprint density at radius 2 is 1.64 bits per heavy atom. The highest BCUT2D eigenvalue weighted by atomic mass is 19.1. The van der Waals surface area contributed by atoms with E-state index in [-0.39, 0.29) is 18.5 Å². The molecular weight excluding hydrogens is 497 g/mol. The lowest BCUT2D eigenvalue weighted by molar-refractivity contribution is 0.0590. The van der Waals surface area contributed by atoms with Gasteiger partial charge in [0.2, 0.25) is 0 Å². The van der Waals surface area contributed by atoms with E-state index in [1.54, 1.807) is 29.4 Å². The molecule has 0 atom stereocenters. The Balaban J connectivity index is 1.54. The predicted octanol–water partition coefficient (Wildman–Crippen LogP) is 6.11. The van der Waals surface area contributed by atoms with Crippen molar-refractivity contribution < 1.29 is 23.5 Å². The summed E-state index contributed by atoms with van der Waals surface area (Å²) >= 11 is 0. The Labute approximate surface area is 226 Å². The van der Waals surface area contributed by atoms with Crippen LogP contribution < -0.4 is 0 Å². The van der Waals surface area contributed by atoms with Crippen LogP contribution in [-0.4, -0.2) is 46.7 Å². The van der Waals surface area contributed by atoms with E-state index in [4.69, 9.17) is 9.47 Å². The molecule has 1 amide bonds. The van der Waals surface area contributed by atoms with Crippen molar-refractivity contribution in [1.82, 2.24) is 14.5 Å². The molecular formula is C31H28FN3O4. The third-order valence-electron chi connectivity index (χ3n) is 6.85. The van der Waals surface area contributed by atoms with Crippen molar-refractivity contribution in [2.75, 3.05) is 20.2 Å². The summed E-state index contributed by atoms with van der Waals surface area (Å²) in [4.78, 5) is 31.6. The van der Waals surface area contributed by atoms with Crippen molar-refractivity contribution in [2.24, 2.45) is 7.05 Å². The number of aromatic nitrogens is 2. The molecule has 0 saturated heterocycles. The number of carbonyl (C=O) groups is 2. The second-order valence-corrected chi connectivity index (χ2v) is 9.21. The number of benzene rings is 2. The summed E-state index contributed by atoms with van der Waals surface area (Å²) in [7, 11) is 3.16. The van der Waals surface area contributed by atoms with E-state index in [1.165, 1.54) is 19.2 Å². The highest BCUT2D eigenvalue weighted by Gasteiger charge is 2.31. The fourth-order valence-corrected chi connectivity index (χ4v) is 4.95. The first kappa shape index (κ1) is 25.9. The number of halogens is 1. The fraction of sp³-hybridized carbons (Fsp3) is 0.194. The summed E-state index contributed by atoms with van der Waals surface area (Å²) < 4.78 is 26.3. The minimum absolute atomic E-state index is 0.209. The molecule has 1 aliphatic rings. The van der Waals surface area contributed by atoms with E-state index in [0.717, 1.165) is 28.0 Å². The summed E-state index contributed by atoms with van der Waals surface area (Å²) in [6.45, 7) is 1.03. The predicted molar refractivity (Wildman–Crippen MR) is 146 cm³/mol. The van der Waals surface area contributed by atoms with E-state index < -0.39 is 5.97 Å². The Hall–Kier alpha value is -4.72. The van der Waals surface area contributed by atoms with Gasteiger partial charge in [0.05, 0.1) is 12.8 Å². The monoisotopic (exact) mass is 525 g/mol. The van der Waals surface area contributed by atoms with Gasteiger partial charge in [-0.05, 0) is 52.9 Å². The van der Waals surface area contributed by atoms with Crippen LogP contribution in [0.5, 0.6) is 0 Å². The maximum absolute atomic E-state index is 13.8. The van der Waals surface area contributed by atoms with Gasteiger partial charge in [-0.15, -0.1) is 0 Å². The van der Waals surface area contributed by atoms with E-state index >= 15 is 0 Å². The molecule has 0 N–H and O–H groups in total. The SMILES string of the molecule is COC(=O)c1c(-c2ccc(F)cc2)c(-c2ccncc2)c(C2=CCN(C(=O)OCc3ccccc3)CC2)n1C. The van der Waals surface area contributed by atoms with Crippen molar-refractivity contribution in [3.05, 3.63) is 108 Å². The fourth-order valence-electron chi connectivity index (χ4n) is 4.95. The molecule has 0 unspecified atom stereocenters. The van der Waals surface area contributed by atoms with Crippen molar-refractivity contribution in [3.63, 3.8) is 0 Å². The molecule has 0 radical (unpaired) electrons. The second kappa shape index (κ2) is 11.3. The number of ether oxygens (including phenoxy) is 2. The van der Waals surface area contributed by atoms with E-state index in [9.17, 15) is 14.0 Å². The van der Waals surface area contributed by atoms with Gasteiger partial charge in [-0.3, -0.25) is 4.98 Å². The van der Waals surface area contributed by atoms with Crippen molar-refractivity contribution >= 4 is 17.6 Å². The zero-order chi connectivity index (χ0) is 27.4. The molecule has 0 aliphatic carbocycles. The average Bonchev–Trinajstić information content (AvgIpc) is 3.29. The standard InChI is InChI=1S/C31H28FN3O4/c1-34-28(24-14-18-35(19-15-24)31(37)39-20-21-6-4-3-5-7-21)26(23-12-16-33-17-13-23)27(29(34)30(36)38-2)22-8-10-25(32)11-9-22/h3-14,16-17H,15,18-20H2,1-2H3. The third kappa shape index (κ3) is 5.31. The van der Waals surface area contributed by atoms with Crippen LogP contribution in [0.15, 0.2) is 85.2 Å². The third-order valence-corrected chi connectivity index (χ3v) is 6.85. The van der Waals surface area contributed by atoms with E-state index in [0.29, 0.717) is 36.3 Å². The van der Waals surface area contributed by atoms with Gasteiger partial charge in [0, 0.05) is 43.7 Å². The summed E-state index contributed by atoms with van der Waals surface area (Å²) in [6, 6.07) is 19.4. The maximum Gasteiger partial charge on any atom is 0.410 e. The number of methoxy groups -OCH3 is 1. The first-order chi connectivity index (χ1) is 19.0. The number of pyridine rings is 1. The molecule has 0 bridgehead atoms. The van der Waals surface area contributed by atoms with E-state index in [1.807, 2.05) is 60.2 Å². The topological polar surface area (TPSA) is 73.7 Å². The number of hydrogen-bond acceptors (Lipinski definition) is 5. The van der Waals surface area contributed by atoms with Crippen LogP contribution in [0, 0.1) is 5.82 Å². The lowest BCUT2D eigenvalue weighted by atomic mass is 9.91. The molecule has 5 rings (SSSR count). The van der Waals surface area contributed by atoms with Gasteiger partial charge in [-0.2, -0.15) is 0 Å². The van der Waals surface area contributed by atoms with Crippen molar-refractivity contribution in [1.29, 1.82) is 0 Å². The van der Waals surface area contributed by atoms with Crippen LogP contribution >= 0.6 is 0 Å². The Bertz CT molecular complexity index is 1510. The van der Waals surface area contributed by atoms with Crippen molar-refractivity contribution in [2.45, 2.75) is 13.0 Å². The van der Waals surface area contributed by atoms with E-state index in [2.05, 4.69) is 4.98 Å². The van der Waals surface area contributed by atoms with Crippen LogP contribution in [0.4, 0.5) is 9.18 Å². The summed E-state index contributed by atoms with van der Waals surface area (Å²) in [5.41, 5.74) is 6.11. The average molecular weight is 526 g/mol. The normalized spacial score (nSPS) is 13.1. The number of rotatable bonds is 6. The number of hydrogen-bond donors (Lipinski definition) is 0. The van der Waals surface area contributed by atoms with Gasteiger partial charge in [0.15, 0.2) is 0 Å². The number of esters is 1. The van der Waals surface area contributed by atoms with Crippen LogP contribution in [0.2, 0.25) is 0 Å². The van der Waals surface area contributed by atoms with Crippen LogP contribution in [0.3, 0.4) is 0 Å². The molecule has 3 heterocycles. The first-order valence-electron chi connectivity index (χ1n) is 12.6. The molecule has 8 heteroatoms. The highest BCUT2D eigenvalue weighted by Crippen LogP contribution is 2.43. The lowest BCUT2D eigenvalue weighted by Crippen LogP contribution is -2.35. The zero-order valence-corrected chi connectivity index (χ0v) is 21.8. The van der Waals surface area contributed by atoms with Gasteiger partial charge >= 0.3 is 12.1 Å². The zero-order valence-electron chi connectivity index (χ0n) is 21.8. The molecule has 0 spiro atoms. The smallest absolute Gasteiger partial charge is 0.410 e. The summed E-state index contributed by atoms with van der Waals surface area (Å²) in [5.74, 6) is -0.866. The van der Waals surface area contributed by atoms with Gasteiger partial charge in [-0.25, -0.2) is 14.0 Å². The van der Waals surface area contributed by atoms with Crippen LogP contribution in [0.1, 0.15) is 28.2 Å². The largest absolute Gasteiger partial charge is 0.464 e. The van der Waals surface area contributed by atoms with Crippen LogP contribution in [-0.2, 0) is 23.1 Å². The maximum atomic E-state index is 13.8. The molecule has 7 nitrogen and oxygen atoms in total. The Morgan fingerprint density at radius 3 is 2.28 bits per heavy atom. The Kier molecular flexibility index (Phi) is 7.54. The summed E-state index contributed by atoms with van der Waals surface area (Å²) in [6.07, 6.45) is 5.55. The number of carbonyl (C=O) groups excluding carboxylic acids is 2. The molecule has 198 valence electrons. The minimum Gasteiger partial charge on any atom is -0.464 e. The quantitative estimate of drug-likeness (QED) is 0.284. The first-order valence-corrected chi connectivity index (χ1v) is 12.6. The molecule has 1 aliphatic heterocycles. The molecule has 0 saturated carbocycles. The second-order valence-electron chi connectivity index (χ2n) is 9.21. The van der Waals surface area contributed by atoms with Gasteiger partial charge < -0.3 is 18.9 Å².